The van der Waals surface area contributed by atoms with Crippen LogP contribution >= 0.6 is 0 Å². The molecule has 1 aromatic carbocycles. The van der Waals surface area contributed by atoms with E-state index in [0.717, 1.165) is 12.0 Å². The van der Waals surface area contributed by atoms with Crippen LogP contribution < -0.4 is 0 Å². The lowest BCUT2D eigenvalue weighted by Gasteiger charge is -2.16. The highest BCUT2D eigenvalue weighted by molar-refractivity contribution is 5.70. The van der Waals surface area contributed by atoms with Gasteiger partial charge in [-0.2, -0.15) is 0 Å². The van der Waals surface area contributed by atoms with Gasteiger partial charge in [0.1, 0.15) is 6.61 Å². The van der Waals surface area contributed by atoms with E-state index in [-0.39, 0.29) is 24.9 Å². The molecule has 0 heterocycles. The lowest BCUT2D eigenvalue weighted by atomic mass is 9.99. The maximum absolute atomic E-state index is 11.5. The average Bonchev–Trinajstić information content (AvgIpc) is 2.36. The van der Waals surface area contributed by atoms with Gasteiger partial charge in [0.05, 0.1) is 12.5 Å². The number of esters is 1. The first kappa shape index (κ1) is 13.7. The summed E-state index contributed by atoms with van der Waals surface area (Å²) in [6.07, 6.45) is 0.317. The van der Waals surface area contributed by atoms with Crippen molar-refractivity contribution < 1.29 is 14.6 Å². The molecule has 2 atom stereocenters. The highest BCUT2D eigenvalue weighted by atomic mass is 16.5. The van der Waals surface area contributed by atoms with Crippen LogP contribution in [0.25, 0.3) is 0 Å². The van der Waals surface area contributed by atoms with Crippen LogP contribution in [0.3, 0.4) is 0 Å². The molecule has 0 fully saturated rings. The molecule has 1 rings (SSSR count). The van der Waals surface area contributed by atoms with E-state index < -0.39 is 6.10 Å². The van der Waals surface area contributed by atoms with Gasteiger partial charge in [-0.15, -0.1) is 0 Å². The molecule has 0 aliphatic rings. The molecule has 0 aliphatic carbocycles. The highest BCUT2D eigenvalue weighted by Gasteiger charge is 2.17. The molecule has 0 spiro atoms. The zero-order valence-corrected chi connectivity index (χ0v) is 10.4. The maximum atomic E-state index is 11.5. The summed E-state index contributed by atoms with van der Waals surface area (Å²) in [6, 6.07) is 9.52. The summed E-state index contributed by atoms with van der Waals surface area (Å²) in [5.41, 5.74) is 0.957. The molecular weight excluding hydrogens is 216 g/mol. The van der Waals surface area contributed by atoms with Crippen molar-refractivity contribution in [3.05, 3.63) is 35.9 Å². The van der Waals surface area contributed by atoms with Crippen LogP contribution in [0.4, 0.5) is 0 Å². The molecule has 0 bridgehead atoms. The fourth-order valence-electron chi connectivity index (χ4n) is 1.44. The van der Waals surface area contributed by atoms with Gasteiger partial charge in [0.25, 0.3) is 0 Å². The Balaban J connectivity index is 2.31. The van der Waals surface area contributed by atoms with Crippen molar-refractivity contribution in [2.45, 2.75) is 39.4 Å². The van der Waals surface area contributed by atoms with Crippen molar-refractivity contribution in [3.63, 3.8) is 0 Å². The number of hydrogen-bond acceptors (Lipinski definition) is 3. The minimum Gasteiger partial charge on any atom is -0.461 e. The normalized spacial score (nSPS) is 14.1. The number of carbonyl (C=O) groups excluding carboxylic acids is 1. The average molecular weight is 236 g/mol. The molecule has 0 aromatic heterocycles. The van der Waals surface area contributed by atoms with Crippen molar-refractivity contribution in [1.82, 2.24) is 0 Å². The van der Waals surface area contributed by atoms with Crippen LogP contribution in [0.15, 0.2) is 30.3 Å². The third-order valence-electron chi connectivity index (χ3n) is 2.92. The largest absolute Gasteiger partial charge is 0.461 e. The number of carbonyl (C=O) groups is 1. The molecule has 94 valence electrons. The lowest BCUT2D eigenvalue weighted by Crippen LogP contribution is -2.22. The summed E-state index contributed by atoms with van der Waals surface area (Å²) >= 11 is 0. The third kappa shape index (κ3) is 5.00. The van der Waals surface area contributed by atoms with Crippen LogP contribution in [0.2, 0.25) is 0 Å². The molecule has 0 amide bonds. The van der Waals surface area contributed by atoms with E-state index >= 15 is 0 Å². The van der Waals surface area contributed by atoms with E-state index in [4.69, 9.17) is 4.74 Å². The van der Waals surface area contributed by atoms with Crippen LogP contribution in [-0.2, 0) is 16.1 Å². The lowest BCUT2D eigenvalue weighted by molar-refractivity contribution is -0.147. The van der Waals surface area contributed by atoms with Crippen LogP contribution in [0.1, 0.15) is 32.3 Å². The second-order valence-corrected chi connectivity index (χ2v) is 4.30. The van der Waals surface area contributed by atoms with E-state index in [1.807, 2.05) is 44.2 Å². The Labute approximate surface area is 102 Å². The minimum absolute atomic E-state index is 0.0713. The molecule has 3 nitrogen and oxygen atoms in total. The Morgan fingerprint density at radius 1 is 1.35 bits per heavy atom. The van der Waals surface area contributed by atoms with Gasteiger partial charge >= 0.3 is 5.97 Å². The number of rotatable bonds is 6. The second-order valence-electron chi connectivity index (χ2n) is 4.30. The third-order valence-corrected chi connectivity index (χ3v) is 2.92. The Morgan fingerprint density at radius 2 is 2.00 bits per heavy atom. The first-order valence-electron chi connectivity index (χ1n) is 6.01. The number of benzene rings is 1. The molecule has 0 saturated heterocycles. The topological polar surface area (TPSA) is 46.5 Å². The van der Waals surface area contributed by atoms with Crippen LogP contribution in [0, 0.1) is 5.92 Å². The van der Waals surface area contributed by atoms with Crippen LogP contribution in [-0.4, -0.2) is 17.2 Å². The summed E-state index contributed by atoms with van der Waals surface area (Å²) in [5, 5.41) is 9.68. The minimum atomic E-state index is -0.608. The van der Waals surface area contributed by atoms with Crippen molar-refractivity contribution >= 4 is 5.97 Å². The van der Waals surface area contributed by atoms with Crippen molar-refractivity contribution in [2.75, 3.05) is 0 Å². The zero-order valence-electron chi connectivity index (χ0n) is 10.4. The molecule has 1 aromatic rings. The molecule has 0 aliphatic heterocycles. The molecular formula is C14H20O3. The maximum Gasteiger partial charge on any atom is 0.308 e. The molecule has 3 heteroatoms. The van der Waals surface area contributed by atoms with E-state index in [1.165, 1.54) is 0 Å². The second kappa shape index (κ2) is 7.07. The van der Waals surface area contributed by atoms with Crippen molar-refractivity contribution in [1.29, 1.82) is 0 Å². The molecule has 1 N–H and O–H groups in total. The monoisotopic (exact) mass is 236 g/mol. The van der Waals surface area contributed by atoms with Gasteiger partial charge in [0.15, 0.2) is 0 Å². The first-order valence-corrected chi connectivity index (χ1v) is 6.01. The smallest absolute Gasteiger partial charge is 0.308 e. The fourth-order valence-corrected chi connectivity index (χ4v) is 1.44. The fraction of sp³-hybridized carbons (Fsp3) is 0.500. The highest BCUT2D eigenvalue weighted by Crippen LogP contribution is 2.12. The molecule has 0 radical (unpaired) electrons. The van der Waals surface area contributed by atoms with Gasteiger partial charge < -0.3 is 9.84 Å². The summed E-state index contributed by atoms with van der Waals surface area (Å²) < 4.78 is 5.09. The van der Waals surface area contributed by atoms with E-state index in [1.54, 1.807) is 0 Å². The first-order chi connectivity index (χ1) is 8.13. The zero-order chi connectivity index (χ0) is 12.7. The van der Waals surface area contributed by atoms with Crippen molar-refractivity contribution in [3.8, 4) is 0 Å². The van der Waals surface area contributed by atoms with Gasteiger partial charge in [-0.1, -0.05) is 50.6 Å². The van der Waals surface area contributed by atoms with Gasteiger partial charge in [-0.25, -0.2) is 0 Å². The summed E-state index contributed by atoms with van der Waals surface area (Å²) in [5.74, 6) is -0.221. The summed E-state index contributed by atoms with van der Waals surface area (Å²) in [7, 11) is 0. The van der Waals surface area contributed by atoms with E-state index in [0.29, 0.717) is 0 Å². The summed E-state index contributed by atoms with van der Waals surface area (Å²) in [6.45, 7) is 4.19. The van der Waals surface area contributed by atoms with Gasteiger partial charge in [0, 0.05) is 0 Å². The Hall–Kier alpha value is -1.35. The molecule has 0 saturated carbocycles. The van der Waals surface area contributed by atoms with Gasteiger partial charge in [-0.05, 0) is 11.5 Å². The number of aliphatic hydroxyl groups excluding tert-OH is 1. The standard InChI is InChI=1S/C14H20O3/c1-3-11(2)13(15)9-14(16)17-10-12-7-5-4-6-8-12/h4-8,11,13,15H,3,9-10H2,1-2H3/t11-,13-/m0/s1. The number of hydrogen-bond donors (Lipinski definition) is 1. The number of aliphatic hydroxyl groups is 1. The SMILES string of the molecule is CC[C@H](C)[C@@H](O)CC(=O)OCc1ccccc1. The van der Waals surface area contributed by atoms with E-state index in [2.05, 4.69) is 0 Å². The van der Waals surface area contributed by atoms with E-state index in [9.17, 15) is 9.90 Å². The van der Waals surface area contributed by atoms with Crippen LogP contribution in [0.5, 0.6) is 0 Å². The Bertz CT molecular complexity index is 335. The van der Waals surface area contributed by atoms with Crippen molar-refractivity contribution in [2.24, 2.45) is 5.92 Å². The predicted octanol–water partition coefficient (Wildman–Crippen LogP) is 2.53. The van der Waals surface area contributed by atoms with Gasteiger partial charge in [-0.3, -0.25) is 4.79 Å². The van der Waals surface area contributed by atoms with Gasteiger partial charge in [0.2, 0.25) is 0 Å². The quantitative estimate of drug-likeness (QED) is 0.772. The Morgan fingerprint density at radius 3 is 2.59 bits per heavy atom. The number of ether oxygens (including phenoxy) is 1. The predicted molar refractivity (Wildman–Crippen MR) is 66.3 cm³/mol. The molecule has 0 unspecified atom stereocenters. The Kier molecular flexibility index (Phi) is 5.70. The molecule has 17 heavy (non-hydrogen) atoms. The summed E-state index contributed by atoms with van der Waals surface area (Å²) in [4.78, 5) is 11.5.